The summed E-state index contributed by atoms with van der Waals surface area (Å²) in [5.41, 5.74) is 6.62. The molecule has 8 heteroatoms. The van der Waals surface area contributed by atoms with Crippen LogP contribution in [0.15, 0.2) is 42.5 Å². The maximum absolute atomic E-state index is 12.1. The number of thiocarbonyl (C=S) groups is 1. The summed E-state index contributed by atoms with van der Waals surface area (Å²) in [6.07, 6.45) is 0. The summed E-state index contributed by atoms with van der Waals surface area (Å²) in [4.78, 5) is 24.7. The van der Waals surface area contributed by atoms with E-state index in [0.717, 1.165) is 21.2 Å². The molecule has 0 unspecified atom stereocenters. The zero-order valence-corrected chi connectivity index (χ0v) is 17.0. The molecule has 1 aromatic heterocycles. The zero-order valence-electron chi connectivity index (χ0n) is 15.4. The van der Waals surface area contributed by atoms with E-state index in [0.29, 0.717) is 16.3 Å². The number of primary amides is 1. The maximum atomic E-state index is 12.1. The van der Waals surface area contributed by atoms with Crippen LogP contribution < -0.4 is 21.1 Å². The number of hydrogen-bond acceptors (Lipinski definition) is 5. The first-order valence-electron chi connectivity index (χ1n) is 8.47. The molecule has 0 aliphatic heterocycles. The van der Waals surface area contributed by atoms with Gasteiger partial charge in [0, 0.05) is 4.88 Å². The Morgan fingerprint density at radius 3 is 2.57 bits per heavy atom. The van der Waals surface area contributed by atoms with E-state index in [1.54, 1.807) is 0 Å². The SMILES string of the molecule is Cc1sc(NC(=S)NC(=O)COc2ccc3ccccc3c2)c(C(N)=O)c1C. The van der Waals surface area contributed by atoms with Gasteiger partial charge < -0.3 is 15.8 Å². The molecule has 6 nitrogen and oxygen atoms in total. The van der Waals surface area contributed by atoms with Crippen LogP contribution in [0.1, 0.15) is 20.8 Å². The van der Waals surface area contributed by atoms with Crippen LogP contribution in [0.3, 0.4) is 0 Å². The number of carbonyl (C=O) groups is 2. The molecule has 144 valence electrons. The van der Waals surface area contributed by atoms with E-state index < -0.39 is 11.8 Å². The molecule has 0 aliphatic rings. The van der Waals surface area contributed by atoms with E-state index in [1.807, 2.05) is 56.3 Å². The Morgan fingerprint density at radius 2 is 1.86 bits per heavy atom. The molecule has 0 aliphatic carbocycles. The van der Waals surface area contributed by atoms with Gasteiger partial charge in [0.1, 0.15) is 10.8 Å². The molecule has 2 amide bonds. The third kappa shape index (κ3) is 4.47. The quantitative estimate of drug-likeness (QED) is 0.557. The average Bonchev–Trinajstić information content (AvgIpc) is 2.93. The van der Waals surface area contributed by atoms with Gasteiger partial charge in [0.25, 0.3) is 11.8 Å². The van der Waals surface area contributed by atoms with Gasteiger partial charge in [0.15, 0.2) is 11.7 Å². The fourth-order valence-corrected chi connectivity index (χ4v) is 4.07. The Balaban J connectivity index is 1.58. The van der Waals surface area contributed by atoms with Gasteiger partial charge in [-0.2, -0.15) is 0 Å². The van der Waals surface area contributed by atoms with Gasteiger partial charge in [-0.3, -0.25) is 14.9 Å². The fourth-order valence-electron chi connectivity index (χ4n) is 2.71. The van der Waals surface area contributed by atoms with E-state index >= 15 is 0 Å². The lowest BCUT2D eigenvalue weighted by molar-refractivity contribution is -0.121. The van der Waals surface area contributed by atoms with Crippen LogP contribution in [-0.2, 0) is 4.79 Å². The molecule has 0 fully saturated rings. The number of hydrogen-bond donors (Lipinski definition) is 3. The number of thiophene rings is 1. The molecule has 0 bridgehead atoms. The minimum Gasteiger partial charge on any atom is -0.484 e. The number of fused-ring (bicyclic) bond motifs is 1. The summed E-state index contributed by atoms with van der Waals surface area (Å²) in [5.74, 6) is -0.359. The average molecular weight is 414 g/mol. The number of aryl methyl sites for hydroxylation is 1. The van der Waals surface area contributed by atoms with Crippen molar-refractivity contribution in [2.24, 2.45) is 5.73 Å². The number of nitrogens with one attached hydrogen (secondary N) is 2. The number of anilines is 1. The molecule has 2 aromatic carbocycles. The van der Waals surface area contributed by atoms with Gasteiger partial charge in [-0.15, -0.1) is 11.3 Å². The van der Waals surface area contributed by atoms with Crippen LogP contribution in [-0.4, -0.2) is 23.5 Å². The Labute approximate surface area is 171 Å². The number of rotatable bonds is 5. The molecule has 0 radical (unpaired) electrons. The highest BCUT2D eigenvalue weighted by Crippen LogP contribution is 2.31. The van der Waals surface area contributed by atoms with Crippen molar-refractivity contribution in [1.29, 1.82) is 0 Å². The Bertz CT molecular complexity index is 1080. The lowest BCUT2D eigenvalue weighted by Gasteiger charge is -2.10. The van der Waals surface area contributed by atoms with Crippen molar-refractivity contribution >= 4 is 56.3 Å². The number of amides is 2. The summed E-state index contributed by atoms with van der Waals surface area (Å²) in [7, 11) is 0. The van der Waals surface area contributed by atoms with Crippen LogP contribution >= 0.6 is 23.6 Å². The maximum Gasteiger partial charge on any atom is 0.264 e. The smallest absolute Gasteiger partial charge is 0.264 e. The predicted molar refractivity (Wildman–Crippen MR) is 116 cm³/mol. The molecule has 0 saturated carbocycles. The molecule has 3 aromatic rings. The van der Waals surface area contributed by atoms with Crippen molar-refractivity contribution in [3.05, 3.63) is 58.5 Å². The predicted octanol–water partition coefficient (Wildman–Crippen LogP) is 3.51. The van der Waals surface area contributed by atoms with Crippen LogP contribution in [0.4, 0.5) is 5.00 Å². The number of benzene rings is 2. The highest BCUT2D eigenvalue weighted by atomic mass is 32.1. The second-order valence-electron chi connectivity index (χ2n) is 6.15. The molecule has 28 heavy (non-hydrogen) atoms. The standard InChI is InChI=1S/C20H19N3O3S2/c1-11-12(2)28-19(17(11)18(21)25)23-20(27)22-16(24)10-26-15-8-7-13-5-3-4-6-14(13)9-15/h3-9H,10H2,1-2H3,(H2,21,25)(H2,22,23,24,27). The Morgan fingerprint density at radius 1 is 1.14 bits per heavy atom. The molecule has 0 saturated heterocycles. The van der Waals surface area contributed by atoms with Crippen molar-refractivity contribution in [2.75, 3.05) is 11.9 Å². The van der Waals surface area contributed by atoms with Crippen molar-refractivity contribution in [1.82, 2.24) is 5.32 Å². The Hall–Kier alpha value is -2.97. The molecular formula is C20H19N3O3S2. The monoisotopic (exact) mass is 413 g/mol. The van der Waals surface area contributed by atoms with Gasteiger partial charge in [0.05, 0.1) is 5.56 Å². The van der Waals surface area contributed by atoms with Crippen LogP contribution in [0.25, 0.3) is 10.8 Å². The van der Waals surface area contributed by atoms with Crippen molar-refractivity contribution in [3.63, 3.8) is 0 Å². The van der Waals surface area contributed by atoms with E-state index in [9.17, 15) is 9.59 Å². The number of nitrogens with two attached hydrogens (primary N) is 1. The van der Waals surface area contributed by atoms with Crippen molar-refractivity contribution in [3.8, 4) is 5.75 Å². The van der Waals surface area contributed by atoms with Crippen LogP contribution in [0.5, 0.6) is 5.75 Å². The first kappa shape index (κ1) is 19.8. The van der Waals surface area contributed by atoms with E-state index in [4.69, 9.17) is 22.7 Å². The highest BCUT2D eigenvalue weighted by molar-refractivity contribution is 7.80. The van der Waals surface area contributed by atoms with Crippen molar-refractivity contribution in [2.45, 2.75) is 13.8 Å². The molecule has 1 heterocycles. The minimum absolute atomic E-state index is 0.0795. The van der Waals surface area contributed by atoms with Gasteiger partial charge >= 0.3 is 0 Å². The second-order valence-corrected chi connectivity index (χ2v) is 7.78. The lowest BCUT2D eigenvalue weighted by Crippen LogP contribution is -2.37. The summed E-state index contributed by atoms with van der Waals surface area (Å²) in [6.45, 7) is 3.51. The Kier molecular flexibility index (Phi) is 5.91. The first-order chi connectivity index (χ1) is 13.3. The van der Waals surface area contributed by atoms with E-state index in [1.165, 1.54) is 11.3 Å². The fraction of sp³-hybridized carbons (Fsp3) is 0.150. The van der Waals surface area contributed by atoms with Gasteiger partial charge in [-0.25, -0.2) is 0 Å². The van der Waals surface area contributed by atoms with Crippen LogP contribution in [0.2, 0.25) is 0 Å². The van der Waals surface area contributed by atoms with Crippen molar-refractivity contribution < 1.29 is 14.3 Å². The van der Waals surface area contributed by atoms with E-state index in [-0.39, 0.29) is 11.7 Å². The number of ether oxygens (including phenoxy) is 1. The van der Waals surface area contributed by atoms with Gasteiger partial charge in [0.2, 0.25) is 0 Å². The summed E-state index contributed by atoms with van der Waals surface area (Å²) >= 11 is 6.52. The second kappa shape index (κ2) is 8.37. The van der Waals surface area contributed by atoms with E-state index in [2.05, 4.69) is 10.6 Å². The van der Waals surface area contributed by atoms with Gasteiger partial charge in [-0.05, 0) is 54.5 Å². The molecule has 3 rings (SSSR count). The third-order valence-corrected chi connectivity index (χ3v) is 5.53. The molecule has 4 N–H and O–H groups in total. The number of carbonyl (C=O) groups excluding carboxylic acids is 2. The normalized spacial score (nSPS) is 10.5. The third-order valence-electron chi connectivity index (χ3n) is 4.20. The summed E-state index contributed by atoms with van der Waals surface area (Å²) in [5, 5.41) is 8.13. The molecule has 0 atom stereocenters. The minimum atomic E-state index is -0.543. The summed E-state index contributed by atoms with van der Waals surface area (Å²) < 4.78 is 5.54. The summed E-state index contributed by atoms with van der Waals surface area (Å²) in [6, 6.07) is 13.5. The molecule has 0 spiro atoms. The zero-order chi connectivity index (χ0) is 20.3. The largest absolute Gasteiger partial charge is 0.484 e. The van der Waals surface area contributed by atoms with Gasteiger partial charge in [-0.1, -0.05) is 30.3 Å². The molecular weight excluding hydrogens is 394 g/mol. The lowest BCUT2D eigenvalue weighted by atomic mass is 10.1. The topological polar surface area (TPSA) is 93.4 Å². The van der Waals surface area contributed by atoms with Crippen LogP contribution in [0, 0.1) is 13.8 Å². The first-order valence-corrected chi connectivity index (χ1v) is 9.70. The highest BCUT2D eigenvalue weighted by Gasteiger charge is 2.18.